The van der Waals surface area contributed by atoms with E-state index in [4.69, 9.17) is 0 Å². The molecule has 3 rings (SSSR count). The Morgan fingerprint density at radius 2 is 1.42 bits per heavy atom. The van der Waals surface area contributed by atoms with Crippen LogP contribution in [0.2, 0.25) is 0 Å². The minimum absolute atomic E-state index is 0.00254. The fourth-order valence-electron chi connectivity index (χ4n) is 4.59. The lowest BCUT2D eigenvalue weighted by Crippen LogP contribution is -2.53. The maximum absolute atomic E-state index is 13.2. The van der Waals surface area contributed by atoms with Gasteiger partial charge < -0.3 is 10.4 Å². The van der Waals surface area contributed by atoms with Gasteiger partial charge >= 0.3 is 0 Å². The average molecular weight is 336 g/mol. The van der Waals surface area contributed by atoms with Gasteiger partial charge in [-0.25, -0.2) is 0 Å². The van der Waals surface area contributed by atoms with E-state index in [9.17, 15) is 14.7 Å². The molecular weight excluding hydrogens is 304 g/mol. The van der Waals surface area contributed by atoms with Crippen LogP contribution in [0.15, 0.2) is 0 Å². The molecule has 0 aromatic heterocycles. The van der Waals surface area contributed by atoms with Crippen molar-refractivity contribution in [3.05, 3.63) is 0 Å². The lowest BCUT2D eigenvalue weighted by atomic mass is 9.85. The minimum Gasteiger partial charge on any atom is -0.393 e. The second-order valence-electron chi connectivity index (χ2n) is 7.89. The van der Waals surface area contributed by atoms with E-state index in [1.807, 2.05) is 0 Å². The van der Waals surface area contributed by atoms with Crippen molar-refractivity contribution >= 4 is 11.8 Å². The Kier molecular flexibility index (Phi) is 6.28. The number of nitrogens with zero attached hydrogens (tertiary/aromatic N) is 1. The molecular formula is C19H32N2O3. The Morgan fingerprint density at radius 3 is 2.04 bits per heavy atom. The molecule has 1 saturated heterocycles. The summed E-state index contributed by atoms with van der Waals surface area (Å²) in [6, 6.07) is -0.00254. The zero-order valence-corrected chi connectivity index (χ0v) is 14.7. The molecule has 5 heteroatoms. The van der Waals surface area contributed by atoms with Gasteiger partial charge in [0, 0.05) is 18.5 Å². The Labute approximate surface area is 145 Å². The largest absolute Gasteiger partial charge is 0.393 e. The van der Waals surface area contributed by atoms with Gasteiger partial charge in [-0.15, -0.1) is 0 Å². The van der Waals surface area contributed by atoms with Crippen molar-refractivity contribution in [1.29, 1.82) is 0 Å². The maximum atomic E-state index is 13.2. The van der Waals surface area contributed by atoms with Crippen molar-refractivity contribution < 1.29 is 14.7 Å². The van der Waals surface area contributed by atoms with Gasteiger partial charge in [-0.3, -0.25) is 14.5 Å². The number of hydrogen-bond donors (Lipinski definition) is 2. The van der Waals surface area contributed by atoms with Crippen LogP contribution in [-0.4, -0.2) is 47.1 Å². The number of nitrogens with one attached hydrogen (secondary N) is 1. The molecule has 1 atom stereocenters. The molecule has 0 bridgehead atoms. The van der Waals surface area contributed by atoms with Crippen LogP contribution in [0, 0.1) is 11.8 Å². The third-order valence-electron chi connectivity index (χ3n) is 6.11. The highest BCUT2D eigenvalue weighted by atomic mass is 16.3. The topological polar surface area (TPSA) is 69.6 Å². The molecule has 1 aliphatic heterocycles. The van der Waals surface area contributed by atoms with Gasteiger partial charge in [0.2, 0.25) is 11.8 Å². The van der Waals surface area contributed by atoms with Gasteiger partial charge in [0.15, 0.2) is 0 Å². The number of aliphatic hydroxyl groups excluding tert-OH is 1. The highest BCUT2D eigenvalue weighted by molar-refractivity contribution is 5.98. The SMILES string of the molecule is O=C(C1CCCCC1)N(C(=O)[C@H]1CCCNC1)C1CCC(O)CC1. The van der Waals surface area contributed by atoms with Gasteiger partial charge in [-0.1, -0.05) is 19.3 Å². The summed E-state index contributed by atoms with van der Waals surface area (Å²) in [4.78, 5) is 28.0. The van der Waals surface area contributed by atoms with E-state index in [2.05, 4.69) is 5.32 Å². The molecule has 136 valence electrons. The first-order valence-electron chi connectivity index (χ1n) is 9.92. The summed E-state index contributed by atoms with van der Waals surface area (Å²) in [5, 5.41) is 13.1. The zero-order valence-electron chi connectivity index (χ0n) is 14.7. The van der Waals surface area contributed by atoms with Crippen LogP contribution in [-0.2, 0) is 9.59 Å². The normalized spacial score (nSPS) is 32.3. The Bertz CT molecular complexity index is 404. The van der Waals surface area contributed by atoms with Crippen molar-refractivity contribution in [2.24, 2.45) is 11.8 Å². The second kappa shape index (κ2) is 8.43. The first-order chi connectivity index (χ1) is 11.7. The van der Waals surface area contributed by atoms with E-state index in [-0.39, 0.29) is 35.8 Å². The Morgan fingerprint density at radius 1 is 0.792 bits per heavy atom. The summed E-state index contributed by atoms with van der Waals surface area (Å²) in [6.07, 6.45) is 9.82. The van der Waals surface area contributed by atoms with Crippen molar-refractivity contribution in [3.63, 3.8) is 0 Å². The number of rotatable bonds is 3. The van der Waals surface area contributed by atoms with Crippen LogP contribution in [0.3, 0.4) is 0 Å². The number of carbonyl (C=O) groups is 2. The Balaban J connectivity index is 1.74. The summed E-state index contributed by atoms with van der Waals surface area (Å²) >= 11 is 0. The number of amides is 2. The first kappa shape index (κ1) is 17.9. The molecule has 2 amide bonds. The van der Waals surface area contributed by atoms with Crippen molar-refractivity contribution in [1.82, 2.24) is 10.2 Å². The van der Waals surface area contributed by atoms with Crippen molar-refractivity contribution in [2.45, 2.75) is 82.8 Å². The molecule has 2 aliphatic carbocycles. The molecule has 2 N–H and O–H groups in total. The number of hydrogen-bond acceptors (Lipinski definition) is 4. The molecule has 3 aliphatic rings. The predicted octanol–water partition coefficient (Wildman–Crippen LogP) is 2.22. The van der Waals surface area contributed by atoms with Gasteiger partial charge in [-0.2, -0.15) is 0 Å². The van der Waals surface area contributed by atoms with Crippen LogP contribution in [0.5, 0.6) is 0 Å². The monoisotopic (exact) mass is 336 g/mol. The molecule has 1 heterocycles. The maximum Gasteiger partial charge on any atom is 0.233 e. The van der Waals surface area contributed by atoms with Gasteiger partial charge in [0.1, 0.15) is 0 Å². The molecule has 0 spiro atoms. The summed E-state index contributed by atoms with van der Waals surface area (Å²) < 4.78 is 0. The molecule has 0 unspecified atom stereocenters. The number of carbonyl (C=O) groups excluding carboxylic acids is 2. The zero-order chi connectivity index (χ0) is 16.9. The van der Waals surface area contributed by atoms with Crippen LogP contribution >= 0.6 is 0 Å². The van der Waals surface area contributed by atoms with Crippen molar-refractivity contribution in [3.8, 4) is 0 Å². The van der Waals surface area contributed by atoms with Gasteiger partial charge in [-0.05, 0) is 57.9 Å². The third kappa shape index (κ3) is 4.17. The number of imide groups is 1. The number of aliphatic hydroxyl groups is 1. The quantitative estimate of drug-likeness (QED) is 0.776. The van der Waals surface area contributed by atoms with Gasteiger partial charge in [0.25, 0.3) is 0 Å². The lowest BCUT2D eigenvalue weighted by Gasteiger charge is -2.39. The molecule has 0 aromatic rings. The predicted molar refractivity (Wildman–Crippen MR) is 92.3 cm³/mol. The summed E-state index contributed by atoms with van der Waals surface area (Å²) in [6.45, 7) is 1.67. The first-order valence-corrected chi connectivity index (χ1v) is 9.92. The lowest BCUT2D eigenvalue weighted by molar-refractivity contribution is -0.155. The standard InChI is InChI=1S/C19H32N2O3/c22-17-10-8-16(9-11-17)21(18(23)14-5-2-1-3-6-14)19(24)15-7-4-12-20-13-15/h14-17,20,22H,1-13H2/t15-,16?,17?/m0/s1. The van der Waals surface area contributed by atoms with Crippen molar-refractivity contribution in [2.75, 3.05) is 13.1 Å². The Hall–Kier alpha value is -0.940. The summed E-state index contributed by atoms with van der Waals surface area (Å²) in [7, 11) is 0. The van der Waals surface area contributed by atoms with Crippen LogP contribution in [0.4, 0.5) is 0 Å². The fourth-order valence-corrected chi connectivity index (χ4v) is 4.59. The second-order valence-corrected chi connectivity index (χ2v) is 7.89. The average Bonchev–Trinajstić information content (AvgIpc) is 2.64. The molecule has 5 nitrogen and oxygen atoms in total. The summed E-state index contributed by atoms with van der Waals surface area (Å²) in [5.74, 6) is 0.0927. The highest BCUT2D eigenvalue weighted by Crippen LogP contribution is 2.31. The van der Waals surface area contributed by atoms with E-state index in [1.165, 1.54) is 6.42 Å². The molecule has 0 radical (unpaired) electrons. The molecule has 0 aromatic carbocycles. The van der Waals surface area contributed by atoms with E-state index in [1.54, 1.807) is 4.90 Å². The molecule has 3 fully saturated rings. The molecule has 2 saturated carbocycles. The highest BCUT2D eigenvalue weighted by Gasteiger charge is 2.39. The van der Waals surface area contributed by atoms with Crippen LogP contribution in [0.25, 0.3) is 0 Å². The van der Waals surface area contributed by atoms with Crippen LogP contribution < -0.4 is 5.32 Å². The van der Waals surface area contributed by atoms with E-state index in [0.29, 0.717) is 19.4 Å². The number of piperidine rings is 1. The van der Waals surface area contributed by atoms with E-state index >= 15 is 0 Å². The third-order valence-corrected chi connectivity index (χ3v) is 6.11. The minimum atomic E-state index is -0.265. The van der Waals surface area contributed by atoms with Gasteiger partial charge in [0.05, 0.1) is 12.0 Å². The fraction of sp³-hybridized carbons (Fsp3) is 0.895. The van der Waals surface area contributed by atoms with E-state index in [0.717, 1.165) is 57.9 Å². The molecule has 24 heavy (non-hydrogen) atoms. The van der Waals surface area contributed by atoms with Crippen LogP contribution in [0.1, 0.15) is 70.6 Å². The smallest absolute Gasteiger partial charge is 0.233 e. The van der Waals surface area contributed by atoms with E-state index < -0.39 is 0 Å². The summed E-state index contributed by atoms with van der Waals surface area (Å²) in [5.41, 5.74) is 0.